The zero-order chi connectivity index (χ0) is 17.4. The van der Waals surface area contributed by atoms with E-state index >= 15 is 0 Å². The number of benzene rings is 2. The summed E-state index contributed by atoms with van der Waals surface area (Å²) in [5.41, 5.74) is 1.89. The number of halogens is 3. The molecule has 0 aliphatic heterocycles. The number of rotatable bonds is 3. The molecule has 2 heterocycles. The highest BCUT2D eigenvalue weighted by molar-refractivity contribution is 6.30. The lowest BCUT2D eigenvalue weighted by atomic mass is 10.1. The van der Waals surface area contributed by atoms with Crippen LogP contribution in [-0.4, -0.2) is 30.4 Å². The van der Waals surface area contributed by atoms with Crippen molar-refractivity contribution in [3.63, 3.8) is 0 Å². The minimum absolute atomic E-state index is 0.302. The van der Waals surface area contributed by atoms with E-state index in [0.29, 0.717) is 33.4 Å². The van der Waals surface area contributed by atoms with Gasteiger partial charge in [0.1, 0.15) is 11.6 Å². The summed E-state index contributed by atoms with van der Waals surface area (Å²) < 4.78 is 28.6. The van der Waals surface area contributed by atoms with E-state index in [0.717, 1.165) is 6.07 Å². The summed E-state index contributed by atoms with van der Waals surface area (Å²) in [5.74, 6) is -1.00. The number of hydrogen-bond acceptors (Lipinski definition) is 4. The Balaban J connectivity index is 1.84. The van der Waals surface area contributed by atoms with Gasteiger partial charge in [0.05, 0.1) is 23.1 Å². The molecule has 0 saturated heterocycles. The molecule has 2 aromatic carbocycles. The van der Waals surface area contributed by atoms with Gasteiger partial charge in [0, 0.05) is 16.7 Å². The maximum absolute atomic E-state index is 13.5. The molecule has 25 heavy (non-hydrogen) atoms. The van der Waals surface area contributed by atoms with Gasteiger partial charge in [-0.05, 0) is 46.8 Å². The zero-order valence-electron chi connectivity index (χ0n) is 12.5. The Labute approximate surface area is 145 Å². The second kappa shape index (κ2) is 6.06. The number of H-pyrrole nitrogens is 1. The smallest absolute Gasteiger partial charge is 0.190 e. The van der Waals surface area contributed by atoms with Gasteiger partial charge < -0.3 is 0 Å². The summed E-state index contributed by atoms with van der Waals surface area (Å²) >= 11 is 5.90. The van der Waals surface area contributed by atoms with Crippen molar-refractivity contribution < 1.29 is 8.78 Å². The number of tetrazole rings is 1. The monoisotopic (exact) mass is 358 g/mol. The van der Waals surface area contributed by atoms with Gasteiger partial charge in [-0.3, -0.25) is 5.10 Å². The highest BCUT2D eigenvalue weighted by Crippen LogP contribution is 2.30. The van der Waals surface area contributed by atoms with Gasteiger partial charge in [-0.15, -0.1) is 5.10 Å². The van der Waals surface area contributed by atoms with Crippen molar-refractivity contribution in [2.45, 2.75) is 0 Å². The van der Waals surface area contributed by atoms with Crippen LogP contribution in [0.4, 0.5) is 8.78 Å². The van der Waals surface area contributed by atoms with Gasteiger partial charge in [0.25, 0.3) is 0 Å². The molecule has 0 bridgehead atoms. The van der Waals surface area contributed by atoms with E-state index in [9.17, 15) is 8.78 Å². The zero-order valence-corrected chi connectivity index (χ0v) is 13.2. The molecule has 0 radical (unpaired) electrons. The van der Waals surface area contributed by atoms with Crippen molar-refractivity contribution in [1.29, 1.82) is 0 Å². The minimum atomic E-state index is -0.687. The van der Waals surface area contributed by atoms with Crippen LogP contribution in [0.1, 0.15) is 0 Å². The van der Waals surface area contributed by atoms with E-state index in [1.165, 1.54) is 23.0 Å². The first kappa shape index (κ1) is 15.4. The first-order chi connectivity index (χ1) is 12.1. The summed E-state index contributed by atoms with van der Waals surface area (Å²) in [6.45, 7) is 0. The Bertz CT molecular complexity index is 1020. The highest BCUT2D eigenvalue weighted by atomic mass is 35.5. The summed E-state index contributed by atoms with van der Waals surface area (Å²) in [4.78, 5) is 0. The quantitative estimate of drug-likeness (QED) is 0.606. The molecular weight excluding hydrogens is 350 g/mol. The van der Waals surface area contributed by atoms with E-state index in [1.54, 1.807) is 24.3 Å². The lowest BCUT2D eigenvalue weighted by Gasteiger charge is -2.06. The van der Waals surface area contributed by atoms with Gasteiger partial charge in [-0.25, -0.2) is 8.78 Å². The van der Waals surface area contributed by atoms with E-state index in [1.807, 2.05) is 0 Å². The largest absolute Gasteiger partial charge is 0.277 e. The third-order valence-corrected chi connectivity index (χ3v) is 3.82. The average molecular weight is 359 g/mol. The molecule has 2 aromatic heterocycles. The lowest BCUT2D eigenvalue weighted by Crippen LogP contribution is -2.00. The predicted octanol–water partition coefficient (Wildman–Crippen LogP) is 3.65. The fraction of sp³-hybridized carbons (Fsp3) is 0. The predicted molar refractivity (Wildman–Crippen MR) is 87.1 cm³/mol. The van der Waals surface area contributed by atoms with Crippen LogP contribution in [0, 0.1) is 11.6 Å². The molecule has 0 fully saturated rings. The molecule has 4 rings (SSSR count). The topological polar surface area (TPSA) is 72.3 Å². The molecule has 0 saturated carbocycles. The van der Waals surface area contributed by atoms with Gasteiger partial charge >= 0.3 is 0 Å². The fourth-order valence-corrected chi connectivity index (χ4v) is 2.61. The van der Waals surface area contributed by atoms with Crippen molar-refractivity contribution in [3.05, 3.63) is 65.3 Å². The molecule has 0 spiro atoms. The summed E-state index contributed by atoms with van der Waals surface area (Å²) in [7, 11) is 0. The Hall–Kier alpha value is -3.13. The summed E-state index contributed by atoms with van der Waals surface area (Å²) in [5, 5.41) is 18.9. The third kappa shape index (κ3) is 2.87. The Kier molecular flexibility index (Phi) is 3.73. The average Bonchev–Trinajstić information content (AvgIpc) is 3.23. The van der Waals surface area contributed by atoms with E-state index in [2.05, 4.69) is 25.7 Å². The van der Waals surface area contributed by atoms with Crippen LogP contribution in [-0.2, 0) is 0 Å². The molecule has 4 aromatic rings. The summed E-state index contributed by atoms with van der Waals surface area (Å²) in [6.07, 6.45) is 1.50. The standard InChI is InChI=1S/C16H9ClF2N6/c17-10-1-3-13(4-2-10)25-16(22-23-24-25)14-8-20-21-15(14)9-5-11(18)7-12(19)6-9/h1-8H,(H,20,21). The molecule has 6 nitrogen and oxygen atoms in total. The van der Waals surface area contributed by atoms with E-state index in [-0.39, 0.29) is 0 Å². The normalized spacial score (nSPS) is 11.0. The number of aromatic nitrogens is 6. The number of aromatic amines is 1. The first-order valence-electron chi connectivity index (χ1n) is 7.16. The second-order valence-electron chi connectivity index (χ2n) is 5.21. The molecule has 0 amide bonds. The van der Waals surface area contributed by atoms with Crippen LogP contribution in [0.3, 0.4) is 0 Å². The fourth-order valence-electron chi connectivity index (χ4n) is 2.49. The maximum Gasteiger partial charge on any atom is 0.190 e. The van der Waals surface area contributed by atoms with E-state index in [4.69, 9.17) is 11.6 Å². The molecule has 0 aliphatic carbocycles. The van der Waals surface area contributed by atoms with Crippen LogP contribution in [0.15, 0.2) is 48.7 Å². The van der Waals surface area contributed by atoms with Gasteiger partial charge in [0.15, 0.2) is 5.82 Å². The van der Waals surface area contributed by atoms with Crippen LogP contribution >= 0.6 is 11.6 Å². The van der Waals surface area contributed by atoms with Crippen molar-refractivity contribution in [3.8, 4) is 28.3 Å². The third-order valence-electron chi connectivity index (χ3n) is 3.57. The molecular formula is C16H9ClF2N6. The molecule has 0 unspecified atom stereocenters. The lowest BCUT2D eigenvalue weighted by molar-refractivity contribution is 0.584. The molecule has 1 N–H and O–H groups in total. The molecule has 0 aliphatic rings. The van der Waals surface area contributed by atoms with E-state index < -0.39 is 11.6 Å². The van der Waals surface area contributed by atoms with Gasteiger partial charge in [0.2, 0.25) is 0 Å². The minimum Gasteiger partial charge on any atom is -0.277 e. The second-order valence-corrected chi connectivity index (χ2v) is 5.64. The number of hydrogen-bond donors (Lipinski definition) is 1. The Morgan fingerprint density at radius 2 is 1.72 bits per heavy atom. The van der Waals surface area contributed by atoms with Gasteiger partial charge in [-0.2, -0.15) is 9.78 Å². The molecule has 0 atom stereocenters. The van der Waals surface area contributed by atoms with Crippen molar-refractivity contribution >= 4 is 11.6 Å². The Morgan fingerprint density at radius 1 is 1.00 bits per heavy atom. The van der Waals surface area contributed by atoms with Crippen LogP contribution in [0.5, 0.6) is 0 Å². The Morgan fingerprint density at radius 3 is 2.44 bits per heavy atom. The summed E-state index contributed by atoms with van der Waals surface area (Å²) in [6, 6.07) is 10.1. The molecule has 9 heteroatoms. The first-order valence-corrected chi connectivity index (χ1v) is 7.54. The SMILES string of the molecule is Fc1cc(F)cc(-c2[nH]ncc2-c2nnnn2-c2ccc(Cl)cc2)c1. The maximum atomic E-state index is 13.5. The van der Waals surface area contributed by atoms with Crippen LogP contribution < -0.4 is 0 Å². The van der Waals surface area contributed by atoms with Crippen LogP contribution in [0.25, 0.3) is 28.3 Å². The van der Waals surface area contributed by atoms with Crippen LogP contribution in [0.2, 0.25) is 5.02 Å². The number of nitrogens with one attached hydrogen (secondary N) is 1. The molecule has 124 valence electrons. The van der Waals surface area contributed by atoms with Gasteiger partial charge in [-0.1, -0.05) is 11.6 Å². The van der Waals surface area contributed by atoms with Crippen molar-refractivity contribution in [2.75, 3.05) is 0 Å². The van der Waals surface area contributed by atoms with Crippen molar-refractivity contribution in [2.24, 2.45) is 0 Å². The van der Waals surface area contributed by atoms with Crippen molar-refractivity contribution in [1.82, 2.24) is 30.4 Å². The number of nitrogens with zero attached hydrogens (tertiary/aromatic N) is 5. The highest BCUT2D eigenvalue weighted by Gasteiger charge is 2.18.